The van der Waals surface area contributed by atoms with Crippen molar-refractivity contribution < 1.29 is 28.4 Å². The molecule has 3 saturated heterocycles. The van der Waals surface area contributed by atoms with Crippen LogP contribution in [0, 0.1) is 5.92 Å². The fraction of sp³-hybridized carbons (Fsp3) is 1.00. The van der Waals surface area contributed by atoms with Gasteiger partial charge in [0.05, 0.1) is 6.61 Å². The second kappa shape index (κ2) is 6.24. The van der Waals surface area contributed by atoms with Crippen molar-refractivity contribution in [2.45, 2.75) is 90.2 Å². The van der Waals surface area contributed by atoms with Crippen molar-refractivity contribution in [3.63, 3.8) is 0 Å². The summed E-state index contributed by atoms with van der Waals surface area (Å²) in [6.07, 6.45) is -0.257. The maximum Gasteiger partial charge on any atom is 0.190 e. The molecule has 0 aromatic carbocycles. The molecule has 134 valence electrons. The zero-order chi connectivity index (χ0) is 16.8. The van der Waals surface area contributed by atoms with Crippen LogP contribution in [0.1, 0.15) is 48.0 Å². The molecule has 0 N–H and O–H groups in total. The van der Waals surface area contributed by atoms with E-state index in [4.69, 9.17) is 28.4 Å². The van der Waals surface area contributed by atoms with E-state index in [-0.39, 0.29) is 24.4 Å². The molecule has 3 aliphatic rings. The van der Waals surface area contributed by atoms with Crippen LogP contribution in [0.25, 0.3) is 0 Å². The third kappa shape index (κ3) is 3.89. The minimum Gasteiger partial charge on any atom is -0.372 e. The van der Waals surface area contributed by atoms with Gasteiger partial charge in [-0.05, 0) is 40.0 Å². The average Bonchev–Trinajstić information content (AvgIpc) is 3.00. The lowest BCUT2D eigenvalue weighted by Gasteiger charge is -2.29. The van der Waals surface area contributed by atoms with Crippen LogP contribution < -0.4 is 0 Å². The Kier molecular flexibility index (Phi) is 4.77. The van der Waals surface area contributed by atoms with E-state index in [1.54, 1.807) is 0 Å². The predicted octanol–water partition coefficient (Wildman–Crippen LogP) is 2.45. The maximum atomic E-state index is 6.15. The summed E-state index contributed by atoms with van der Waals surface area (Å²) < 4.78 is 35.8. The predicted molar refractivity (Wildman–Crippen MR) is 82.8 cm³/mol. The molecule has 3 rings (SSSR count). The Morgan fingerprint density at radius 2 is 1.74 bits per heavy atom. The molecule has 0 amide bonds. The highest BCUT2D eigenvalue weighted by Gasteiger charge is 2.58. The van der Waals surface area contributed by atoms with E-state index in [0.717, 1.165) is 6.42 Å². The van der Waals surface area contributed by atoms with E-state index in [2.05, 4.69) is 13.8 Å². The molecule has 0 aromatic heterocycles. The first-order chi connectivity index (χ1) is 10.7. The van der Waals surface area contributed by atoms with E-state index in [1.165, 1.54) is 0 Å². The van der Waals surface area contributed by atoms with Crippen molar-refractivity contribution in [1.82, 2.24) is 0 Å². The van der Waals surface area contributed by atoms with Crippen molar-refractivity contribution in [2.75, 3.05) is 13.2 Å². The zero-order valence-electron chi connectivity index (χ0n) is 15.0. The Morgan fingerprint density at radius 1 is 1.00 bits per heavy atom. The molecular formula is C17H30O6. The third-order valence-corrected chi connectivity index (χ3v) is 4.43. The quantitative estimate of drug-likeness (QED) is 0.772. The van der Waals surface area contributed by atoms with Gasteiger partial charge in [-0.3, -0.25) is 0 Å². The number of fused-ring (bicyclic) bond motifs is 1. The van der Waals surface area contributed by atoms with Crippen LogP contribution in [0.3, 0.4) is 0 Å². The monoisotopic (exact) mass is 330 g/mol. The second-order valence-electron chi connectivity index (χ2n) is 7.95. The molecular weight excluding hydrogens is 300 g/mol. The zero-order valence-corrected chi connectivity index (χ0v) is 15.0. The lowest BCUT2D eigenvalue weighted by Crippen LogP contribution is -2.44. The van der Waals surface area contributed by atoms with Gasteiger partial charge in [0.2, 0.25) is 0 Å². The molecule has 0 saturated carbocycles. The van der Waals surface area contributed by atoms with Crippen LogP contribution in [-0.2, 0) is 28.4 Å². The van der Waals surface area contributed by atoms with E-state index in [0.29, 0.717) is 19.1 Å². The fourth-order valence-corrected chi connectivity index (χ4v) is 3.31. The standard InChI is InChI=1S/C17H30O6/c1-10(2)7-8-18-13-12(11-9-19-16(3,4)21-11)20-15-14(13)22-17(5,6)23-15/h10-15H,7-9H2,1-6H3/t11-,12-,13-,14+,15-/m0/s1. The van der Waals surface area contributed by atoms with Crippen molar-refractivity contribution in [2.24, 2.45) is 5.92 Å². The maximum absolute atomic E-state index is 6.15. The normalized spacial score (nSPS) is 41.6. The van der Waals surface area contributed by atoms with Gasteiger partial charge in [-0.2, -0.15) is 0 Å². The van der Waals surface area contributed by atoms with Gasteiger partial charge in [0, 0.05) is 6.61 Å². The molecule has 3 heterocycles. The second-order valence-corrected chi connectivity index (χ2v) is 7.95. The van der Waals surface area contributed by atoms with Crippen LogP contribution in [0.15, 0.2) is 0 Å². The summed E-state index contributed by atoms with van der Waals surface area (Å²) in [5.41, 5.74) is 0. The SMILES string of the molecule is CC(C)CCO[C@H]1[C@H]([C@@H]2COC(C)(C)O2)O[C@H]2OC(C)(C)O[C@@H]21. The summed E-state index contributed by atoms with van der Waals surface area (Å²) >= 11 is 0. The minimum absolute atomic E-state index is 0.171. The summed E-state index contributed by atoms with van der Waals surface area (Å²) in [6.45, 7) is 13.1. The van der Waals surface area contributed by atoms with Crippen LogP contribution in [-0.4, -0.2) is 55.5 Å². The van der Waals surface area contributed by atoms with Crippen LogP contribution in [0.4, 0.5) is 0 Å². The molecule has 23 heavy (non-hydrogen) atoms. The first kappa shape index (κ1) is 17.6. The summed E-state index contributed by atoms with van der Waals surface area (Å²) in [6, 6.07) is 0. The van der Waals surface area contributed by atoms with Gasteiger partial charge in [-0.25, -0.2) is 0 Å². The van der Waals surface area contributed by atoms with Gasteiger partial charge in [0.1, 0.15) is 24.4 Å². The number of ether oxygens (including phenoxy) is 6. The highest BCUT2D eigenvalue weighted by atomic mass is 16.8. The Balaban J connectivity index is 1.68. The first-order valence-corrected chi connectivity index (χ1v) is 8.61. The lowest BCUT2D eigenvalue weighted by atomic mass is 10.1. The molecule has 6 nitrogen and oxygen atoms in total. The van der Waals surface area contributed by atoms with E-state index < -0.39 is 17.9 Å². The molecule has 0 radical (unpaired) electrons. The smallest absolute Gasteiger partial charge is 0.190 e. The molecule has 0 bridgehead atoms. The van der Waals surface area contributed by atoms with Crippen molar-refractivity contribution in [3.05, 3.63) is 0 Å². The molecule has 0 aromatic rings. The van der Waals surface area contributed by atoms with Crippen LogP contribution in [0.2, 0.25) is 0 Å². The summed E-state index contributed by atoms with van der Waals surface area (Å²) in [5, 5.41) is 0. The lowest BCUT2D eigenvalue weighted by molar-refractivity contribution is -0.236. The molecule has 3 aliphatic heterocycles. The van der Waals surface area contributed by atoms with E-state index in [9.17, 15) is 0 Å². The molecule has 0 aliphatic carbocycles. The minimum atomic E-state index is -0.647. The fourth-order valence-electron chi connectivity index (χ4n) is 3.31. The summed E-state index contributed by atoms with van der Waals surface area (Å²) in [5.74, 6) is -0.643. The van der Waals surface area contributed by atoms with Gasteiger partial charge in [0.15, 0.2) is 17.9 Å². The Labute approximate surface area is 138 Å². The highest BCUT2D eigenvalue weighted by Crippen LogP contribution is 2.41. The van der Waals surface area contributed by atoms with Gasteiger partial charge in [-0.1, -0.05) is 13.8 Å². The van der Waals surface area contributed by atoms with Gasteiger partial charge >= 0.3 is 0 Å². The molecule has 5 atom stereocenters. The van der Waals surface area contributed by atoms with Crippen molar-refractivity contribution >= 4 is 0 Å². The summed E-state index contributed by atoms with van der Waals surface area (Å²) in [7, 11) is 0. The van der Waals surface area contributed by atoms with Crippen molar-refractivity contribution in [3.8, 4) is 0 Å². The number of hydrogen-bond donors (Lipinski definition) is 0. The number of hydrogen-bond acceptors (Lipinski definition) is 6. The van der Waals surface area contributed by atoms with Crippen LogP contribution in [0.5, 0.6) is 0 Å². The molecule has 6 heteroatoms. The van der Waals surface area contributed by atoms with Gasteiger partial charge < -0.3 is 28.4 Å². The number of rotatable bonds is 5. The van der Waals surface area contributed by atoms with E-state index in [1.807, 2.05) is 27.7 Å². The van der Waals surface area contributed by atoms with Gasteiger partial charge in [-0.15, -0.1) is 0 Å². The largest absolute Gasteiger partial charge is 0.372 e. The molecule has 3 fully saturated rings. The Hall–Kier alpha value is -0.240. The van der Waals surface area contributed by atoms with Crippen LogP contribution >= 0.6 is 0 Å². The Morgan fingerprint density at radius 3 is 2.35 bits per heavy atom. The van der Waals surface area contributed by atoms with E-state index >= 15 is 0 Å². The first-order valence-electron chi connectivity index (χ1n) is 8.61. The topological polar surface area (TPSA) is 55.4 Å². The van der Waals surface area contributed by atoms with Crippen molar-refractivity contribution in [1.29, 1.82) is 0 Å². The molecule has 0 unspecified atom stereocenters. The van der Waals surface area contributed by atoms with Gasteiger partial charge in [0.25, 0.3) is 0 Å². The third-order valence-electron chi connectivity index (χ3n) is 4.43. The molecule has 0 spiro atoms. The summed E-state index contributed by atoms with van der Waals surface area (Å²) in [4.78, 5) is 0. The highest BCUT2D eigenvalue weighted by molar-refractivity contribution is 4.98. The average molecular weight is 330 g/mol. The Bertz CT molecular complexity index is 421.